The summed E-state index contributed by atoms with van der Waals surface area (Å²) in [5.74, 6) is -1.95. The van der Waals surface area contributed by atoms with E-state index in [0.29, 0.717) is 31.2 Å². The van der Waals surface area contributed by atoms with Gasteiger partial charge in [0.15, 0.2) is 5.13 Å². The predicted molar refractivity (Wildman–Crippen MR) is 104 cm³/mol. The SMILES string of the molecule is Cc1ccc(Cl)c2sc(N3CCN(C(=O)c4ccc(F)cc4F)CC3)nc12. The molecule has 4 rings (SSSR count). The van der Waals surface area contributed by atoms with Gasteiger partial charge in [-0.05, 0) is 30.7 Å². The third-order valence-corrected chi connectivity index (χ3v) is 6.26. The number of fused-ring (bicyclic) bond motifs is 1. The fraction of sp³-hybridized carbons (Fsp3) is 0.263. The van der Waals surface area contributed by atoms with E-state index >= 15 is 0 Å². The van der Waals surface area contributed by atoms with Gasteiger partial charge in [0, 0.05) is 32.2 Å². The largest absolute Gasteiger partial charge is 0.345 e. The molecule has 1 amide bonds. The number of aryl methyl sites for hydroxylation is 1. The molecule has 0 unspecified atom stereocenters. The number of nitrogens with zero attached hydrogens (tertiary/aromatic N) is 3. The standard InChI is InChI=1S/C19H16ClF2N3OS/c1-11-2-5-14(20)17-16(11)23-19(27-17)25-8-6-24(7-9-25)18(26)13-4-3-12(21)10-15(13)22/h2-5,10H,6-9H2,1H3. The van der Waals surface area contributed by atoms with Gasteiger partial charge in [0.2, 0.25) is 0 Å². The van der Waals surface area contributed by atoms with Crippen LogP contribution in [0.4, 0.5) is 13.9 Å². The fourth-order valence-electron chi connectivity index (χ4n) is 3.16. The Kier molecular flexibility index (Phi) is 4.74. The van der Waals surface area contributed by atoms with Crippen LogP contribution < -0.4 is 4.90 Å². The van der Waals surface area contributed by atoms with E-state index in [1.807, 2.05) is 19.1 Å². The summed E-state index contributed by atoms with van der Waals surface area (Å²) in [6.45, 7) is 4.06. The van der Waals surface area contributed by atoms with E-state index in [1.165, 1.54) is 17.4 Å². The summed E-state index contributed by atoms with van der Waals surface area (Å²) in [6.07, 6.45) is 0. The summed E-state index contributed by atoms with van der Waals surface area (Å²) in [5.41, 5.74) is 1.86. The Bertz CT molecular complexity index is 992. The number of benzene rings is 2. The van der Waals surface area contributed by atoms with Gasteiger partial charge in [0.25, 0.3) is 5.91 Å². The molecule has 1 saturated heterocycles. The van der Waals surface area contributed by atoms with Crippen LogP contribution in [0.15, 0.2) is 30.3 Å². The van der Waals surface area contributed by atoms with Crippen LogP contribution in [0.1, 0.15) is 15.9 Å². The van der Waals surface area contributed by atoms with Crippen molar-refractivity contribution >= 4 is 44.2 Å². The quantitative estimate of drug-likeness (QED) is 0.627. The molecule has 0 radical (unpaired) electrons. The van der Waals surface area contributed by atoms with Crippen molar-refractivity contribution in [2.24, 2.45) is 0 Å². The Balaban J connectivity index is 1.50. The minimum absolute atomic E-state index is 0.104. The van der Waals surface area contributed by atoms with Crippen molar-refractivity contribution in [3.63, 3.8) is 0 Å². The highest BCUT2D eigenvalue weighted by molar-refractivity contribution is 7.22. The van der Waals surface area contributed by atoms with Crippen LogP contribution in [0, 0.1) is 18.6 Å². The Morgan fingerprint density at radius 2 is 1.89 bits per heavy atom. The summed E-state index contributed by atoms with van der Waals surface area (Å²) >= 11 is 7.81. The number of halogens is 3. The van der Waals surface area contributed by atoms with Crippen molar-refractivity contribution in [1.82, 2.24) is 9.88 Å². The van der Waals surface area contributed by atoms with Gasteiger partial charge in [-0.15, -0.1) is 0 Å². The molecule has 1 fully saturated rings. The first-order valence-electron chi connectivity index (χ1n) is 8.49. The average Bonchev–Trinajstić information content (AvgIpc) is 3.11. The van der Waals surface area contributed by atoms with Gasteiger partial charge >= 0.3 is 0 Å². The van der Waals surface area contributed by atoms with Gasteiger partial charge in [0.05, 0.1) is 20.8 Å². The maximum atomic E-state index is 13.9. The number of rotatable bonds is 2. The van der Waals surface area contributed by atoms with E-state index in [0.717, 1.165) is 33.0 Å². The highest BCUT2D eigenvalue weighted by Crippen LogP contribution is 2.35. The molecule has 1 aliphatic heterocycles. The molecule has 0 atom stereocenters. The van der Waals surface area contributed by atoms with Crippen molar-refractivity contribution in [1.29, 1.82) is 0 Å². The molecule has 4 nitrogen and oxygen atoms in total. The molecular weight excluding hydrogens is 392 g/mol. The molecule has 0 spiro atoms. The highest BCUT2D eigenvalue weighted by atomic mass is 35.5. The number of anilines is 1. The predicted octanol–water partition coefficient (Wildman–Crippen LogP) is 4.50. The molecule has 0 bridgehead atoms. The number of aromatic nitrogens is 1. The minimum atomic E-state index is -0.835. The van der Waals surface area contributed by atoms with Crippen molar-refractivity contribution in [2.45, 2.75) is 6.92 Å². The van der Waals surface area contributed by atoms with E-state index in [2.05, 4.69) is 4.90 Å². The Hall–Kier alpha value is -2.25. The number of hydrogen-bond donors (Lipinski definition) is 0. The highest BCUT2D eigenvalue weighted by Gasteiger charge is 2.26. The molecule has 140 valence electrons. The monoisotopic (exact) mass is 407 g/mol. The van der Waals surface area contributed by atoms with Gasteiger partial charge in [0.1, 0.15) is 11.6 Å². The van der Waals surface area contributed by atoms with E-state index < -0.39 is 17.5 Å². The summed E-state index contributed by atoms with van der Waals surface area (Å²) < 4.78 is 27.9. The van der Waals surface area contributed by atoms with Crippen LogP contribution >= 0.6 is 22.9 Å². The van der Waals surface area contributed by atoms with E-state index in [-0.39, 0.29) is 5.56 Å². The number of piperazine rings is 1. The van der Waals surface area contributed by atoms with E-state index in [4.69, 9.17) is 16.6 Å². The molecule has 0 N–H and O–H groups in total. The summed E-state index contributed by atoms with van der Waals surface area (Å²) in [4.78, 5) is 20.9. The molecule has 0 saturated carbocycles. The van der Waals surface area contributed by atoms with Crippen molar-refractivity contribution < 1.29 is 13.6 Å². The normalized spacial score (nSPS) is 14.8. The fourth-order valence-corrected chi connectivity index (χ4v) is 4.53. The van der Waals surface area contributed by atoms with Gasteiger partial charge in [-0.25, -0.2) is 13.8 Å². The van der Waals surface area contributed by atoms with Crippen LogP contribution in [-0.2, 0) is 0 Å². The molecule has 1 aliphatic rings. The lowest BCUT2D eigenvalue weighted by molar-refractivity contribution is 0.0742. The second-order valence-corrected chi connectivity index (χ2v) is 7.83. The lowest BCUT2D eigenvalue weighted by atomic mass is 10.1. The topological polar surface area (TPSA) is 36.4 Å². The Morgan fingerprint density at radius 1 is 1.15 bits per heavy atom. The number of carbonyl (C=O) groups excluding carboxylic acids is 1. The zero-order chi connectivity index (χ0) is 19.1. The molecule has 2 aromatic carbocycles. The van der Waals surface area contributed by atoms with Crippen molar-refractivity contribution in [3.8, 4) is 0 Å². The first kappa shape index (κ1) is 18.1. The van der Waals surface area contributed by atoms with Gasteiger partial charge < -0.3 is 9.80 Å². The van der Waals surface area contributed by atoms with Crippen LogP contribution in [0.3, 0.4) is 0 Å². The second kappa shape index (κ2) is 7.05. The third-order valence-electron chi connectivity index (χ3n) is 4.68. The smallest absolute Gasteiger partial charge is 0.256 e. The zero-order valence-electron chi connectivity index (χ0n) is 14.5. The molecular formula is C19H16ClF2N3OS. The minimum Gasteiger partial charge on any atom is -0.345 e. The molecule has 0 aliphatic carbocycles. The van der Waals surface area contributed by atoms with Crippen LogP contribution in [0.25, 0.3) is 10.2 Å². The molecule has 27 heavy (non-hydrogen) atoms. The van der Waals surface area contributed by atoms with Crippen LogP contribution in [-0.4, -0.2) is 42.0 Å². The maximum absolute atomic E-state index is 13.9. The van der Waals surface area contributed by atoms with Gasteiger partial charge in [-0.2, -0.15) is 0 Å². The lowest BCUT2D eigenvalue weighted by Crippen LogP contribution is -2.49. The van der Waals surface area contributed by atoms with E-state index in [1.54, 1.807) is 4.90 Å². The van der Waals surface area contributed by atoms with Crippen molar-refractivity contribution in [3.05, 3.63) is 58.1 Å². The third kappa shape index (κ3) is 3.37. The first-order valence-corrected chi connectivity index (χ1v) is 9.68. The van der Waals surface area contributed by atoms with Crippen LogP contribution in [0.5, 0.6) is 0 Å². The van der Waals surface area contributed by atoms with Crippen molar-refractivity contribution in [2.75, 3.05) is 31.1 Å². The Labute approximate surface area is 164 Å². The number of carbonyl (C=O) groups is 1. The number of amides is 1. The average molecular weight is 408 g/mol. The maximum Gasteiger partial charge on any atom is 0.256 e. The number of thiazole rings is 1. The zero-order valence-corrected chi connectivity index (χ0v) is 16.1. The Morgan fingerprint density at radius 3 is 2.56 bits per heavy atom. The molecule has 8 heteroatoms. The van der Waals surface area contributed by atoms with Gasteiger partial charge in [-0.1, -0.05) is 29.0 Å². The lowest BCUT2D eigenvalue weighted by Gasteiger charge is -2.34. The molecule has 2 heterocycles. The number of hydrogen-bond acceptors (Lipinski definition) is 4. The van der Waals surface area contributed by atoms with Crippen LogP contribution in [0.2, 0.25) is 5.02 Å². The van der Waals surface area contributed by atoms with E-state index in [9.17, 15) is 13.6 Å². The summed E-state index contributed by atoms with van der Waals surface area (Å²) in [6, 6.07) is 6.84. The second-order valence-electron chi connectivity index (χ2n) is 6.44. The molecule has 1 aromatic heterocycles. The summed E-state index contributed by atoms with van der Waals surface area (Å²) in [5, 5.41) is 1.54. The first-order chi connectivity index (χ1) is 12.9. The molecule has 3 aromatic rings. The summed E-state index contributed by atoms with van der Waals surface area (Å²) in [7, 11) is 0. The van der Waals surface area contributed by atoms with Gasteiger partial charge in [-0.3, -0.25) is 4.79 Å².